The van der Waals surface area contributed by atoms with E-state index in [0.717, 1.165) is 42.3 Å². The first-order chi connectivity index (χ1) is 10.2. The number of aromatic carboxylic acids is 1. The molecule has 1 N–H and O–H groups in total. The first kappa shape index (κ1) is 13.1. The molecule has 0 amide bonds. The summed E-state index contributed by atoms with van der Waals surface area (Å²) >= 11 is 1.36. The lowest BCUT2D eigenvalue weighted by Crippen LogP contribution is -2.47. The Kier molecular flexibility index (Phi) is 3.12. The second-order valence-electron chi connectivity index (χ2n) is 5.89. The molecule has 5 heteroatoms. The van der Waals surface area contributed by atoms with Gasteiger partial charge in [0.1, 0.15) is 4.88 Å². The second-order valence-corrected chi connectivity index (χ2v) is 6.98. The van der Waals surface area contributed by atoms with Crippen molar-refractivity contribution in [3.05, 3.63) is 29.1 Å². The zero-order valence-corrected chi connectivity index (χ0v) is 12.6. The maximum atomic E-state index is 11.1. The molecule has 0 unspecified atom stereocenters. The first-order valence-electron chi connectivity index (χ1n) is 7.46. The van der Waals surface area contributed by atoms with Gasteiger partial charge in [0.15, 0.2) is 0 Å². The Morgan fingerprint density at radius 3 is 2.57 bits per heavy atom. The standard InChI is InChI=1S/C16H18N2O2S/c19-16(20)15-9-11-1-2-13(10-14(11)21-15)18-7-5-17(6-8-18)12-3-4-12/h1-2,9-10,12H,3-8H2,(H,19,20). The number of hydrogen-bond acceptors (Lipinski definition) is 4. The summed E-state index contributed by atoms with van der Waals surface area (Å²) in [4.78, 5) is 16.5. The molecule has 1 aromatic carbocycles. The maximum Gasteiger partial charge on any atom is 0.345 e. The minimum absolute atomic E-state index is 0.417. The molecule has 0 bridgehead atoms. The molecule has 1 aliphatic carbocycles. The van der Waals surface area contributed by atoms with Gasteiger partial charge >= 0.3 is 5.97 Å². The average molecular weight is 302 g/mol. The van der Waals surface area contributed by atoms with Crippen LogP contribution in [0.4, 0.5) is 5.69 Å². The molecule has 0 atom stereocenters. The highest BCUT2D eigenvalue weighted by Gasteiger charge is 2.31. The first-order valence-corrected chi connectivity index (χ1v) is 8.28. The summed E-state index contributed by atoms with van der Waals surface area (Å²) in [6.07, 6.45) is 2.75. The third-order valence-corrected chi connectivity index (χ3v) is 5.54. The lowest BCUT2D eigenvalue weighted by atomic mass is 10.2. The number of nitrogens with zero attached hydrogens (tertiary/aromatic N) is 2. The lowest BCUT2D eigenvalue weighted by Gasteiger charge is -2.36. The number of piperazine rings is 1. The number of benzene rings is 1. The number of carbonyl (C=O) groups is 1. The Labute approximate surface area is 127 Å². The van der Waals surface area contributed by atoms with Crippen molar-refractivity contribution in [1.29, 1.82) is 0 Å². The Bertz CT molecular complexity index is 685. The Morgan fingerprint density at radius 1 is 1.14 bits per heavy atom. The molecular weight excluding hydrogens is 284 g/mol. The van der Waals surface area contributed by atoms with E-state index in [4.69, 9.17) is 5.11 Å². The van der Waals surface area contributed by atoms with E-state index in [1.165, 1.54) is 29.9 Å². The van der Waals surface area contributed by atoms with Crippen molar-refractivity contribution in [2.45, 2.75) is 18.9 Å². The van der Waals surface area contributed by atoms with Crippen LogP contribution in [0.1, 0.15) is 22.5 Å². The van der Waals surface area contributed by atoms with Crippen LogP contribution in [0.3, 0.4) is 0 Å². The number of anilines is 1. The molecule has 2 heterocycles. The molecule has 1 saturated heterocycles. The van der Waals surface area contributed by atoms with Crippen LogP contribution in [-0.4, -0.2) is 48.2 Å². The van der Waals surface area contributed by atoms with Crippen LogP contribution in [0, 0.1) is 0 Å². The third-order valence-electron chi connectivity index (χ3n) is 4.46. The van der Waals surface area contributed by atoms with E-state index in [1.807, 2.05) is 6.07 Å². The number of rotatable bonds is 3. The number of fused-ring (bicyclic) bond motifs is 1. The summed E-state index contributed by atoms with van der Waals surface area (Å²) < 4.78 is 1.06. The van der Waals surface area contributed by atoms with Gasteiger partial charge in [-0.25, -0.2) is 4.79 Å². The molecular formula is C16H18N2O2S. The van der Waals surface area contributed by atoms with Gasteiger partial charge in [-0.05, 0) is 36.4 Å². The van der Waals surface area contributed by atoms with Crippen LogP contribution in [0.5, 0.6) is 0 Å². The monoisotopic (exact) mass is 302 g/mol. The molecule has 2 fully saturated rings. The largest absolute Gasteiger partial charge is 0.477 e. The van der Waals surface area contributed by atoms with Gasteiger partial charge in [-0.3, -0.25) is 4.90 Å². The van der Waals surface area contributed by atoms with Gasteiger partial charge in [-0.2, -0.15) is 0 Å². The van der Waals surface area contributed by atoms with Gasteiger partial charge in [0.25, 0.3) is 0 Å². The van der Waals surface area contributed by atoms with Crippen LogP contribution in [-0.2, 0) is 0 Å². The Hall–Kier alpha value is -1.59. The van der Waals surface area contributed by atoms with Crippen molar-refractivity contribution in [3.8, 4) is 0 Å². The Morgan fingerprint density at radius 2 is 1.90 bits per heavy atom. The molecule has 110 valence electrons. The fraction of sp³-hybridized carbons (Fsp3) is 0.438. The Balaban J connectivity index is 1.54. The highest BCUT2D eigenvalue weighted by Crippen LogP contribution is 2.32. The number of carboxylic acid groups (broad SMARTS) is 1. The lowest BCUT2D eigenvalue weighted by molar-refractivity contribution is 0.0702. The third kappa shape index (κ3) is 2.51. The van der Waals surface area contributed by atoms with Crippen molar-refractivity contribution in [3.63, 3.8) is 0 Å². The van der Waals surface area contributed by atoms with Gasteiger partial charge in [0, 0.05) is 42.6 Å². The van der Waals surface area contributed by atoms with E-state index in [0.29, 0.717) is 4.88 Å². The average Bonchev–Trinajstić information content (AvgIpc) is 3.25. The summed E-state index contributed by atoms with van der Waals surface area (Å²) in [6, 6.07) is 8.91. The van der Waals surface area contributed by atoms with Crippen LogP contribution in [0.15, 0.2) is 24.3 Å². The molecule has 1 saturated carbocycles. The number of hydrogen-bond donors (Lipinski definition) is 1. The number of carboxylic acids is 1. The van der Waals surface area contributed by atoms with E-state index in [-0.39, 0.29) is 0 Å². The highest BCUT2D eigenvalue weighted by molar-refractivity contribution is 7.20. The quantitative estimate of drug-likeness (QED) is 0.947. The summed E-state index contributed by atoms with van der Waals surface area (Å²) in [6.45, 7) is 4.43. The van der Waals surface area contributed by atoms with E-state index >= 15 is 0 Å². The van der Waals surface area contributed by atoms with Gasteiger partial charge in [-0.15, -0.1) is 11.3 Å². The van der Waals surface area contributed by atoms with Crippen LogP contribution in [0.2, 0.25) is 0 Å². The van der Waals surface area contributed by atoms with Crippen LogP contribution in [0.25, 0.3) is 10.1 Å². The molecule has 0 spiro atoms. The predicted molar refractivity (Wildman–Crippen MR) is 85.6 cm³/mol. The van der Waals surface area contributed by atoms with Gasteiger partial charge in [0.2, 0.25) is 0 Å². The maximum absolute atomic E-state index is 11.1. The van der Waals surface area contributed by atoms with Gasteiger partial charge in [0.05, 0.1) is 0 Å². The smallest absolute Gasteiger partial charge is 0.345 e. The molecule has 1 aromatic heterocycles. The summed E-state index contributed by atoms with van der Waals surface area (Å²) in [5.41, 5.74) is 1.22. The molecule has 4 rings (SSSR count). The molecule has 4 nitrogen and oxygen atoms in total. The minimum Gasteiger partial charge on any atom is -0.477 e. The molecule has 21 heavy (non-hydrogen) atoms. The SMILES string of the molecule is O=C(O)c1cc2ccc(N3CCN(C4CC4)CC3)cc2s1. The van der Waals surface area contributed by atoms with Crippen molar-refractivity contribution >= 4 is 33.1 Å². The van der Waals surface area contributed by atoms with Crippen molar-refractivity contribution in [2.24, 2.45) is 0 Å². The van der Waals surface area contributed by atoms with E-state index < -0.39 is 5.97 Å². The fourth-order valence-corrected chi connectivity index (χ4v) is 4.04. The van der Waals surface area contributed by atoms with Crippen molar-refractivity contribution in [1.82, 2.24) is 4.90 Å². The molecule has 2 aromatic rings. The van der Waals surface area contributed by atoms with Gasteiger partial charge in [-0.1, -0.05) is 6.07 Å². The molecule has 0 radical (unpaired) electrons. The molecule has 2 aliphatic rings. The topological polar surface area (TPSA) is 43.8 Å². The van der Waals surface area contributed by atoms with E-state index in [9.17, 15) is 4.79 Å². The highest BCUT2D eigenvalue weighted by atomic mass is 32.1. The zero-order valence-electron chi connectivity index (χ0n) is 11.8. The van der Waals surface area contributed by atoms with Crippen LogP contribution >= 0.6 is 11.3 Å². The van der Waals surface area contributed by atoms with Crippen molar-refractivity contribution in [2.75, 3.05) is 31.1 Å². The van der Waals surface area contributed by atoms with E-state index in [2.05, 4.69) is 21.9 Å². The zero-order chi connectivity index (χ0) is 14.4. The predicted octanol–water partition coefficient (Wildman–Crippen LogP) is 2.88. The van der Waals surface area contributed by atoms with Gasteiger partial charge < -0.3 is 10.0 Å². The summed E-state index contributed by atoms with van der Waals surface area (Å²) in [5.74, 6) is -0.837. The van der Waals surface area contributed by atoms with Crippen molar-refractivity contribution < 1.29 is 9.90 Å². The fourth-order valence-electron chi connectivity index (χ4n) is 3.11. The number of thiophene rings is 1. The summed E-state index contributed by atoms with van der Waals surface area (Å²) in [7, 11) is 0. The normalized spacial score (nSPS) is 20.1. The van der Waals surface area contributed by atoms with Crippen LogP contribution < -0.4 is 4.90 Å². The van der Waals surface area contributed by atoms with E-state index in [1.54, 1.807) is 6.07 Å². The summed E-state index contributed by atoms with van der Waals surface area (Å²) in [5, 5.41) is 10.1. The minimum atomic E-state index is -0.837. The second kappa shape index (κ2) is 5.00. The molecule has 1 aliphatic heterocycles.